The van der Waals surface area contributed by atoms with Crippen molar-refractivity contribution in [3.63, 3.8) is 0 Å². The van der Waals surface area contributed by atoms with E-state index in [1.54, 1.807) is 11.8 Å². The Morgan fingerprint density at radius 2 is 2.29 bits per heavy atom. The molecular formula is C12H14N2O2S. The lowest BCUT2D eigenvalue weighted by Gasteiger charge is -2.00. The summed E-state index contributed by atoms with van der Waals surface area (Å²) in [6.45, 7) is 2.45. The fourth-order valence-electron chi connectivity index (χ4n) is 1.79. The van der Waals surface area contributed by atoms with Crippen molar-refractivity contribution >= 4 is 28.6 Å². The number of fused-ring (bicyclic) bond motifs is 1. The number of carboxylic acid groups (broad SMARTS) is 1. The summed E-state index contributed by atoms with van der Waals surface area (Å²) in [5.41, 5.74) is 7.36. The second kappa shape index (κ2) is 4.81. The highest BCUT2D eigenvalue weighted by Crippen LogP contribution is 2.27. The first kappa shape index (κ1) is 12.0. The van der Waals surface area contributed by atoms with Crippen LogP contribution in [0.4, 0.5) is 0 Å². The maximum atomic E-state index is 11.0. The van der Waals surface area contributed by atoms with Crippen molar-refractivity contribution in [3.8, 4) is 0 Å². The zero-order valence-electron chi connectivity index (χ0n) is 9.49. The number of nitrogens with one attached hydrogen (secondary N) is 1. The molecule has 90 valence electrons. The van der Waals surface area contributed by atoms with E-state index in [-0.39, 0.29) is 5.69 Å². The van der Waals surface area contributed by atoms with E-state index in [9.17, 15) is 4.79 Å². The quantitative estimate of drug-likeness (QED) is 0.727. The van der Waals surface area contributed by atoms with Gasteiger partial charge in [0.25, 0.3) is 0 Å². The molecule has 0 radical (unpaired) electrons. The molecule has 4 N–H and O–H groups in total. The predicted molar refractivity (Wildman–Crippen MR) is 69.8 cm³/mol. The Bertz CT molecular complexity index is 563. The minimum absolute atomic E-state index is 0.265. The van der Waals surface area contributed by atoms with Crippen LogP contribution in [-0.2, 0) is 0 Å². The molecular weight excluding hydrogens is 236 g/mol. The van der Waals surface area contributed by atoms with Crippen molar-refractivity contribution < 1.29 is 9.90 Å². The highest BCUT2D eigenvalue weighted by atomic mass is 32.2. The predicted octanol–water partition coefficient (Wildman–Crippen LogP) is 2.23. The highest BCUT2D eigenvalue weighted by molar-refractivity contribution is 7.99. The first-order chi connectivity index (χ1) is 8.13. The number of H-pyrrole nitrogens is 1. The summed E-state index contributed by atoms with van der Waals surface area (Å²) < 4.78 is 0. The molecule has 17 heavy (non-hydrogen) atoms. The molecule has 0 unspecified atom stereocenters. The fraction of sp³-hybridized carbons (Fsp3) is 0.250. The Labute approximate surface area is 103 Å². The van der Waals surface area contributed by atoms with E-state index in [0.717, 1.165) is 27.1 Å². The van der Waals surface area contributed by atoms with E-state index in [2.05, 4.69) is 4.98 Å². The summed E-state index contributed by atoms with van der Waals surface area (Å²) in [5.74, 6) is -0.0596. The van der Waals surface area contributed by atoms with Gasteiger partial charge >= 0.3 is 5.97 Å². The molecule has 1 aromatic heterocycles. The number of rotatable bonds is 4. The lowest BCUT2D eigenvalue weighted by molar-refractivity contribution is 0.0691. The number of aromatic amines is 1. The number of nitrogens with two attached hydrogens (primary N) is 1. The topological polar surface area (TPSA) is 79.1 Å². The van der Waals surface area contributed by atoms with Crippen molar-refractivity contribution in [2.45, 2.75) is 11.8 Å². The van der Waals surface area contributed by atoms with Gasteiger partial charge in [-0.05, 0) is 30.7 Å². The van der Waals surface area contributed by atoms with E-state index < -0.39 is 5.97 Å². The van der Waals surface area contributed by atoms with E-state index in [0.29, 0.717) is 6.54 Å². The summed E-state index contributed by atoms with van der Waals surface area (Å²) >= 11 is 1.68. The Kier molecular flexibility index (Phi) is 3.40. The van der Waals surface area contributed by atoms with Gasteiger partial charge in [0, 0.05) is 28.1 Å². The maximum Gasteiger partial charge on any atom is 0.352 e. The van der Waals surface area contributed by atoms with Crippen molar-refractivity contribution in [1.29, 1.82) is 0 Å². The van der Waals surface area contributed by atoms with Crippen LogP contribution in [0.2, 0.25) is 0 Å². The van der Waals surface area contributed by atoms with Gasteiger partial charge in [0.2, 0.25) is 0 Å². The van der Waals surface area contributed by atoms with Gasteiger partial charge in [-0.2, -0.15) is 0 Å². The number of hydrogen-bond acceptors (Lipinski definition) is 3. The van der Waals surface area contributed by atoms with Crippen LogP contribution in [0, 0.1) is 6.92 Å². The maximum absolute atomic E-state index is 11.0. The van der Waals surface area contributed by atoms with Gasteiger partial charge < -0.3 is 15.8 Å². The van der Waals surface area contributed by atoms with Crippen LogP contribution in [0.1, 0.15) is 16.1 Å². The van der Waals surface area contributed by atoms with Crippen LogP contribution in [-0.4, -0.2) is 28.4 Å². The molecule has 0 spiro atoms. The second-order valence-electron chi connectivity index (χ2n) is 3.77. The number of aromatic nitrogens is 1. The first-order valence-electron chi connectivity index (χ1n) is 5.32. The van der Waals surface area contributed by atoms with E-state index in [1.165, 1.54) is 0 Å². The summed E-state index contributed by atoms with van der Waals surface area (Å²) in [4.78, 5) is 15.0. The van der Waals surface area contributed by atoms with Crippen molar-refractivity contribution in [2.24, 2.45) is 5.73 Å². The zero-order valence-corrected chi connectivity index (χ0v) is 10.3. The number of aromatic carboxylic acids is 1. The van der Waals surface area contributed by atoms with E-state index in [4.69, 9.17) is 10.8 Å². The molecule has 1 aromatic carbocycles. The Morgan fingerprint density at radius 3 is 2.94 bits per heavy atom. The third-order valence-corrected chi connectivity index (χ3v) is 3.66. The monoisotopic (exact) mass is 250 g/mol. The van der Waals surface area contributed by atoms with Gasteiger partial charge in [0.05, 0.1) is 0 Å². The zero-order chi connectivity index (χ0) is 12.4. The molecule has 1 heterocycles. The molecule has 2 aromatic rings. The average molecular weight is 250 g/mol. The molecule has 5 heteroatoms. The van der Waals surface area contributed by atoms with Gasteiger partial charge in [-0.25, -0.2) is 4.79 Å². The van der Waals surface area contributed by atoms with Gasteiger partial charge in [-0.3, -0.25) is 0 Å². The lowest BCUT2D eigenvalue weighted by atomic mass is 10.1. The Balaban J connectivity index is 2.46. The Morgan fingerprint density at radius 1 is 1.53 bits per heavy atom. The summed E-state index contributed by atoms with van der Waals surface area (Å²) in [6.07, 6.45) is 0. The minimum Gasteiger partial charge on any atom is -0.477 e. The van der Waals surface area contributed by atoms with E-state index in [1.807, 2.05) is 25.1 Å². The molecule has 0 aliphatic rings. The molecule has 2 rings (SSSR count). The second-order valence-corrected chi connectivity index (χ2v) is 4.94. The summed E-state index contributed by atoms with van der Waals surface area (Å²) in [7, 11) is 0. The van der Waals surface area contributed by atoms with Crippen molar-refractivity contribution in [2.75, 3.05) is 12.3 Å². The summed E-state index contributed by atoms with van der Waals surface area (Å²) in [5, 5.41) is 9.99. The van der Waals surface area contributed by atoms with Crippen LogP contribution in [0.3, 0.4) is 0 Å². The molecule has 4 nitrogen and oxygen atoms in total. The SMILES string of the molecule is Cc1c(C(=O)O)[nH]c2ccc(SCCN)cc12. The van der Waals surface area contributed by atoms with Crippen LogP contribution < -0.4 is 5.73 Å². The molecule has 0 atom stereocenters. The number of carboxylic acids is 1. The summed E-state index contributed by atoms with van der Waals surface area (Å²) in [6, 6.07) is 5.89. The number of carbonyl (C=O) groups is 1. The molecule has 0 amide bonds. The number of aryl methyl sites for hydroxylation is 1. The van der Waals surface area contributed by atoms with E-state index >= 15 is 0 Å². The van der Waals surface area contributed by atoms with Gasteiger partial charge in [-0.15, -0.1) is 11.8 Å². The van der Waals surface area contributed by atoms with Crippen molar-refractivity contribution in [3.05, 3.63) is 29.5 Å². The number of thioether (sulfide) groups is 1. The lowest BCUT2D eigenvalue weighted by Crippen LogP contribution is -2.00. The van der Waals surface area contributed by atoms with Crippen LogP contribution in [0.15, 0.2) is 23.1 Å². The van der Waals surface area contributed by atoms with Gasteiger partial charge in [0.15, 0.2) is 0 Å². The third-order valence-electron chi connectivity index (χ3n) is 2.63. The third kappa shape index (κ3) is 2.30. The van der Waals surface area contributed by atoms with Crippen molar-refractivity contribution in [1.82, 2.24) is 4.98 Å². The average Bonchev–Trinajstić information content (AvgIpc) is 2.64. The molecule has 0 bridgehead atoms. The van der Waals surface area contributed by atoms with Crippen LogP contribution in [0.5, 0.6) is 0 Å². The highest BCUT2D eigenvalue weighted by Gasteiger charge is 2.13. The molecule has 0 saturated carbocycles. The Hall–Kier alpha value is -1.46. The largest absolute Gasteiger partial charge is 0.477 e. The molecule has 0 aliphatic carbocycles. The normalized spacial score (nSPS) is 10.9. The number of benzene rings is 1. The fourth-order valence-corrected chi connectivity index (χ4v) is 2.51. The molecule has 0 aliphatic heterocycles. The molecule has 0 saturated heterocycles. The van der Waals surface area contributed by atoms with Crippen LogP contribution >= 0.6 is 11.8 Å². The standard InChI is InChI=1S/C12H14N2O2S/c1-7-9-6-8(17-5-4-13)2-3-10(9)14-11(7)12(15)16/h2-3,6,14H,4-5,13H2,1H3,(H,15,16). The smallest absolute Gasteiger partial charge is 0.352 e. The van der Waals surface area contributed by atoms with Gasteiger partial charge in [-0.1, -0.05) is 0 Å². The van der Waals surface area contributed by atoms with Crippen LogP contribution in [0.25, 0.3) is 10.9 Å². The first-order valence-corrected chi connectivity index (χ1v) is 6.30. The van der Waals surface area contributed by atoms with Gasteiger partial charge in [0.1, 0.15) is 5.69 Å². The minimum atomic E-state index is -0.921. The number of hydrogen-bond donors (Lipinski definition) is 3. The molecule has 0 fully saturated rings.